The molecule has 1 N–H and O–H groups in total. The molecule has 1 aromatic carbocycles. The van der Waals surface area contributed by atoms with Crippen LogP contribution in [0.2, 0.25) is 0 Å². The normalized spacial score (nSPS) is 17.7. The average molecular weight is 429 g/mol. The van der Waals surface area contributed by atoms with Crippen LogP contribution >= 0.6 is 0 Å². The first-order chi connectivity index (χ1) is 14.7. The minimum atomic E-state index is -0.568. The van der Waals surface area contributed by atoms with Gasteiger partial charge in [-0.15, -0.1) is 0 Å². The van der Waals surface area contributed by atoms with Gasteiger partial charge < -0.3 is 24.3 Å². The van der Waals surface area contributed by atoms with E-state index in [2.05, 4.69) is 10.3 Å². The van der Waals surface area contributed by atoms with Crippen LogP contribution in [0.1, 0.15) is 51.0 Å². The second-order valence-electron chi connectivity index (χ2n) is 8.88. The molecule has 2 amide bonds. The van der Waals surface area contributed by atoms with Crippen LogP contribution in [0.5, 0.6) is 5.75 Å². The minimum Gasteiger partial charge on any atom is -0.497 e. The van der Waals surface area contributed by atoms with Crippen LogP contribution in [0.25, 0.3) is 0 Å². The van der Waals surface area contributed by atoms with E-state index < -0.39 is 11.6 Å². The number of imidazole rings is 1. The number of methoxy groups -OCH3 is 1. The summed E-state index contributed by atoms with van der Waals surface area (Å²) in [5.74, 6) is 1.01. The number of benzene rings is 1. The van der Waals surface area contributed by atoms with Crippen LogP contribution in [0.3, 0.4) is 0 Å². The van der Waals surface area contributed by atoms with Crippen molar-refractivity contribution in [3.05, 3.63) is 48.0 Å². The van der Waals surface area contributed by atoms with Gasteiger partial charge in [0.1, 0.15) is 23.2 Å². The first-order valence-electron chi connectivity index (χ1n) is 10.6. The van der Waals surface area contributed by atoms with Gasteiger partial charge in [-0.2, -0.15) is 0 Å². The molecule has 8 nitrogen and oxygen atoms in total. The summed E-state index contributed by atoms with van der Waals surface area (Å²) in [6, 6.07) is 7.16. The van der Waals surface area contributed by atoms with Crippen molar-refractivity contribution in [3.63, 3.8) is 0 Å². The van der Waals surface area contributed by atoms with Crippen molar-refractivity contribution in [1.29, 1.82) is 0 Å². The molecule has 0 radical (unpaired) electrons. The number of aryl methyl sites for hydroxylation is 1. The Morgan fingerprint density at radius 2 is 2.06 bits per heavy atom. The Hall–Kier alpha value is -3.03. The summed E-state index contributed by atoms with van der Waals surface area (Å²) in [7, 11) is 3.51. The molecule has 1 saturated heterocycles. The molecule has 3 rings (SSSR count). The van der Waals surface area contributed by atoms with Gasteiger partial charge in [-0.25, -0.2) is 9.78 Å². The van der Waals surface area contributed by atoms with E-state index in [4.69, 9.17) is 9.47 Å². The van der Waals surface area contributed by atoms with Crippen LogP contribution in [-0.2, 0) is 16.6 Å². The fourth-order valence-electron chi connectivity index (χ4n) is 3.72. The van der Waals surface area contributed by atoms with Crippen molar-refractivity contribution in [1.82, 2.24) is 19.8 Å². The van der Waals surface area contributed by atoms with E-state index in [9.17, 15) is 9.59 Å². The Balaban J connectivity index is 1.77. The zero-order valence-corrected chi connectivity index (χ0v) is 18.9. The summed E-state index contributed by atoms with van der Waals surface area (Å²) in [6.07, 6.45) is 4.65. The minimum absolute atomic E-state index is 0.107. The van der Waals surface area contributed by atoms with Crippen molar-refractivity contribution in [2.45, 2.75) is 45.3 Å². The predicted octanol–water partition coefficient (Wildman–Crippen LogP) is 3.28. The second-order valence-corrected chi connectivity index (χ2v) is 8.88. The summed E-state index contributed by atoms with van der Waals surface area (Å²) in [6.45, 7) is 6.45. The molecule has 2 heterocycles. The van der Waals surface area contributed by atoms with E-state index in [0.29, 0.717) is 18.8 Å². The standard InChI is InChI=1S/C23H32N4O4/c1-23(2,3)31-22(29)27-12-7-9-17(15-27)21(28)25-19(20-24-11-13-26(20)4)16-8-6-10-18(14-16)30-5/h6,8,10-11,13-14,17,19H,7,9,12,15H2,1-5H3,(H,25,28). The number of nitrogens with zero attached hydrogens (tertiary/aromatic N) is 3. The second kappa shape index (κ2) is 9.41. The number of hydrogen-bond donors (Lipinski definition) is 1. The van der Waals surface area contributed by atoms with Gasteiger partial charge in [0.2, 0.25) is 5.91 Å². The Morgan fingerprint density at radius 3 is 2.71 bits per heavy atom. The van der Waals surface area contributed by atoms with Crippen LogP contribution in [0.4, 0.5) is 4.79 Å². The van der Waals surface area contributed by atoms with Gasteiger partial charge >= 0.3 is 6.09 Å². The molecule has 0 aliphatic carbocycles. The summed E-state index contributed by atoms with van der Waals surface area (Å²) >= 11 is 0. The Labute approximate surface area is 183 Å². The number of nitrogens with one attached hydrogen (secondary N) is 1. The van der Waals surface area contributed by atoms with Gasteiger partial charge in [0.05, 0.1) is 13.0 Å². The monoisotopic (exact) mass is 428 g/mol. The number of carbonyl (C=O) groups is 2. The molecule has 0 spiro atoms. The van der Waals surface area contributed by atoms with E-state index in [1.807, 2.05) is 62.8 Å². The zero-order valence-electron chi connectivity index (χ0n) is 18.9. The van der Waals surface area contributed by atoms with Crippen molar-refractivity contribution in [2.24, 2.45) is 13.0 Å². The summed E-state index contributed by atoms with van der Waals surface area (Å²) in [4.78, 5) is 31.8. The molecule has 1 fully saturated rings. The van der Waals surface area contributed by atoms with Crippen LogP contribution < -0.4 is 10.1 Å². The first kappa shape index (κ1) is 22.7. The molecule has 1 aromatic heterocycles. The molecule has 0 bridgehead atoms. The molecule has 8 heteroatoms. The number of hydrogen-bond acceptors (Lipinski definition) is 5. The summed E-state index contributed by atoms with van der Waals surface area (Å²) in [5, 5.41) is 3.15. The van der Waals surface area contributed by atoms with Gasteiger partial charge in [0.15, 0.2) is 0 Å². The maximum Gasteiger partial charge on any atom is 0.410 e. The fourth-order valence-corrected chi connectivity index (χ4v) is 3.72. The van der Waals surface area contributed by atoms with E-state index in [1.165, 1.54) is 0 Å². The predicted molar refractivity (Wildman–Crippen MR) is 117 cm³/mol. The molecule has 2 atom stereocenters. The highest BCUT2D eigenvalue weighted by molar-refractivity contribution is 5.80. The molecule has 0 saturated carbocycles. The Bertz CT molecular complexity index is 918. The summed E-state index contributed by atoms with van der Waals surface area (Å²) < 4.78 is 12.7. The lowest BCUT2D eigenvalue weighted by Gasteiger charge is -2.34. The van der Waals surface area contributed by atoms with Gasteiger partial charge in [-0.1, -0.05) is 12.1 Å². The van der Waals surface area contributed by atoms with E-state index in [1.54, 1.807) is 18.2 Å². The molecule has 1 aliphatic rings. The van der Waals surface area contributed by atoms with Gasteiger partial charge in [-0.05, 0) is 51.3 Å². The van der Waals surface area contributed by atoms with Crippen LogP contribution in [0.15, 0.2) is 36.7 Å². The maximum absolute atomic E-state index is 13.2. The third-order valence-electron chi connectivity index (χ3n) is 5.27. The smallest absolute Gasteiger partial charge is 0.410 e. The average Bonchev–Trinajstić information content (AvgIpc) is 3.16. The summed E-state index contributed by atoms with van der Waals surface area (Å²) in [5.41, 5.74) is 0.309. The highest BCUT2D eigenvalue weighted by atomic mass is 16.6. The molecule has 2 aromatic rings. The number of likely N-dealkylation sites (tertiary alicyclic amines) is 1. The Kier molecular flexibility index (Phi) is 6.87. The van der Waals surface area contributed by atoms with Gasteiger partial charge in [-0.3, -0.25) is 4.79 Å². The quantitative estimate of drug-likeness (QED) is 0.790. The van der Waals surface area contributed by atoms with Gasteiger partial charge in [0.25, 0.3) is 0 Å². The number of carbonyl (C=O) groups excluding carboxylic acids is 2. The number of rotatable bonds is 5. The third kappa shape index (κ3) is 5.77. The Morgan fingerprint density at radius 1 is 1.29 bits per heavy atom. The SMILES string of the molecule is COc1cccc(C(NC(=O)C2CCCN(C(=O)OC(C)(C)C)C2)c2nccn2C)c1. The molecular weight excluding hydrogens is 396 g/mol. The number of ether oxygens (including phenoxy) is 2. The van der Waals surface area contributed by atoms with Crippen LogP contribution in [0, 0.1) is 5.92 Å². The fraction of sp³-hybridized carbons (Fsp3) is 0.522. The molecule has 1 aliphatic heterocycles. The van der Waals surface area contributed by atoms with Crippen molar-refractivity contribution in [2.75, 3.05) is 20.2 Å². The highest BCUT2D eigenvalue weighted by Gasteiger charge is 2.33. The number of piperidine rings is 1. The molecule has 168 valence electrons. The largest absolute Gasteiger partial charge is 0.497 e. The number of amides is 2. The lowest BCUT2D eigenvalue weighted by atomic mass is 9.96. The maximum atomic E-state index is 13.2. The van der Waals surface area contributed by atoms with E-state index in [-0.39, 0.29) is 17.9 Å². The van der Waals surface area contributed by atoms with Crippen LogP contribution in [-0.4, -0.2) is 52.3 Å². The van der Waals surface area contributed by atoms with E-state index >= 15 is 0 Å². The molecule has 2 unspecified atom stereocenters. The number of aromatic nitrogens is 2. The highest BCUT2D eigenvalue weighted by Crippen LogP contribution is 2.26. The topological polar surface area (TPSA) is 85.7 Å². The third-order valence-corrected chi connectivity index (χ3v) is 5.27. The van der Waals surface area contributed by atoms with Gasteiger partial charge in [0, 0.05) is 32.5 Å². The van der Waals surface area contributed by atoms with E-state index in [0.717, 1.165) is 24.2 Å². The lowest BCUT2D eigenvalue weighted by Crippen LogP contribution is -2.47. The molecule has 31 heavy (non-hydrogen) atoms. The first-order valence-corrected chi connectivity index (χ1v) is 10.6. The zero-order chi connectivity index (χ0) is 22.6. The molecular formula is C23H32N4O4. The van der Waals surface area contributed by atoms with Crippen molar-refractivity contribution >= 4 is 12.0 Å². The van der Waals surface area contributed by atoms with Crippen molar-refractivity contribution in [3.8, 4) is 5.75 Å². The lowest BCUT2D eigenvalue weighted by molar-refractivity contribution is -0.127. The van der Waals surface area contributed by atoms with Crippen molar-refractivity contribution < 1.29 is 19.1 Å².